The lowest BCUT2D eigenvalue weighted by molar-refractivity contribution is -0.138. The smallest absolute Gasteiger partial charge is 0.339 e. The van der Waals surface area contributed by atoms with Crippen molar-refractivity contribution in [1.82, 2.24) is 14.4 Å². The zero-order valence-corrected chi connectivity index (χ0v) is 27.0. The lowest BCUT2D eigenvalue weighted by atomic mass is 9.76. The minimum atomic E-state index is -0.482. The topological polar surface area (TPSA) is 131 Å². The quantitative estimate of drug-likeness (QED) is 0.203. The molecule has 3 aliphatic heterocycles. The molecule has 11 nitrogen and oxygen atoms in total. The summed E-state index contributed by atoms with van der Waals surface area (Å²) in [6.07, 6.45) is 12.6. The second kappa shape index (κ2) is 12.1. The maximum atomic E-state index is 13.4. The van der Waals surface area contributed by atoms with Gasteiger partial charge >= 0.3 is 17.9 Å². The van der Waals surface area contributed by atoms with Crippen LogP contribution in [0.25, 0.3) is 11.1 Å². The third kappa shape index (κ3) is 4.75. The Labute approximate surface area is 268 Å². The van der Waals surface area contributed by atoms with Crippen molar-refractivity contribution in [3.05, 3.63) is 82.0 Å². The summed E-state index contributed by atoms with van der Waals surface area (Å²) in [4.78, 5) is 43.2. The average Bonchev–Trinajstić information content (AvgIpc) is 3.78. The van der Waals surface area contributed by atoms with E-state index < -0.39 is 17.9 Å². The van der Waals surface area contributed by atoms with Crippen LogP contribution < -0.4 is 0 Å². The normalized spacial score (nSPS) is 27.0. The fourth-order valence-electron chi connectivity index (χ4n) is 8.54. The van der Waals surface area contributed by atoms with E-state index >= 15 is 0 Å². The molecule has 0 spiro atoms. The van der Waals surface area contributed by atoms with Gasteiger partial charge in [-0.15, -0.1) is 0 Å². The summed E-state index contributed by atoms with van der Waals surface area (Å²) in [5.74, 6) is -2.16. The first-order chi connectivity index (χ1) is 22.1. The highest BCUT2D eigenvalue weighted by Gasteiger charge is 2.50. The van der Waals surface area contributed by atoms with Crippen LogP contribution in [-0.4, -0.2) is 91.1 Å². The van der Waals surface area contributed by atoms with Gasteiger partial charge in [-0.3, -0.25) is 0 Å². The Morgan fingerprint density at radius 1 is 0.739 bits per heavy atom. The molecule has 0 saturated heterocycles. The first kappa shape index (κ1) is 31.6. The second-order valence-corrected chi connectivity index (χ2v) is 12.7. The van der Waals surface area contributed by atoms with Crippen molar-refractivity contribution in [3.8, 4) is 11.1 Å². The standard InChI is InChI=1S/C35H41N3O8/c1-36-12-24-22(31-28-18(16-39)7-9-20(28)25(14-37(31)2)33(41)44-4)11-23(30(24)27(13-36)35(43)46-6)32-29-19(17-40)8-10-21(29)26(15-38(32)3)34(42)45-5/h7-8,11-15,20-21,28-29,31-32,39-40H,9-10,16-17H2,1-6H3/t20-,21-,28-,29-,31+,32+/m1/s1/i36+1,37+1,38+1. The molecular formula is C35H41N3O8. The van der Waals surface area contributed by atoms with Crippen molar-refractivity contribution in [2.45, 2.75) is 24.9 Å². The fraction of sp³-hybridized carbons (Fsp3) is 0.457. The molecule has 0 bridgehead atoms. The number of carbonyl (C=O) groups is 3. The summed E-state index contributed by atoms with van der Waals surface area (Å²) in [5, 5.41) is 20.9. The number of rotatable bonds is 7. The minimum Gasteiger partial charge on any atom is -0.466 e. The van der Waals surface area contributed by atoms with Gasteiger partial charge in [0.15, 0.2) is 0 Å². The maximum Gasteiger partial charge on any atom is 0.339 e. The molecule has 0 saturated carbocycles. The predicted octanol–water partition coefficient (Wildman–Crippen LogP) is 3.11. The number of aromatic nitrogens is 1. The highest BCUT2D eigenvalue weighted by atomic mass is 16.5. The molecule has 11 heteroatoms. The number of esters is 3. The summed E-state index contributed by atoms with van der Waals surface area (Å²) in [6.45, 7) is -0.307. The van der Waals surface area contributed by atoms with Crippen LogP contribution in [0.1, 0.15) is 46.4 Å². The van der Waals surface area contributed by atoms with Gasteiger partial charge in [0.1, 0.15) is 0 Å². The highest BCUT2D eigenvalue weighted by Crippen LogP contribution is 2.57. The molecule has 6 aliphatic rings. The maximum absolute atomic E-state index is 13.4. The van der Waals surface area contributed by atoms with E-state index in [1.807, 2.05) is 66.3 Å². The second-order valence-electron chi connectivity index (χ2n) is 12.7. The lowest BCUT2D eigenvalue weighted by Gasteiger charge is -2.42. The van der Waals surface area contributed by atoms with Gasteiger partial charge in [0.2, 0.25) is 0 Å². The largest absolute Gasteiger partial charge is 0.466 e. The molecule has 3 aliphatic carbocycles. The van der Waals surface area contributed by atoms with E-state index in [0.717, 1.165) is 33.4 Å². The molecule has 46 heavy (non-hydrogen) atoms. The van der Waals surface area contributed by atoms with Crippen LogP contribution >= 0.6 is 0 Å². The number of pyridine rings is 1. The first-order valence-corrected chi connectivity index (χ1v) is 15.4. The van der Waals surface area contributed by atoms with Crippen molar-refractivity contribution in [2.24, 2.45) is 30.7 Å². The van der Waals surface area contributed by atoms with Crippen LogP contribution in [0, 0.1) is 23.7 Å². The van der Waals surface area contributed by atoms with Gasteiger partial charge in [0, 0.05) is 80.7 Å². The molecule has 0 unspecified atom stereocenters. The molecular weight excluding hydrogens is 593 g/mol. The number of carbonyl (C=O) groups excluding carboxylic acids is 3. The van der Waals surface area contributed by atoms with Gasteiger partial charge in [-0.2, -0.15) is 0 Å². The van der Waals surface area contributed by atoms with Gasteiger partial charge in [0.25, 0.3) is 0 Å². The Morgan fingerprint density at radius 3 is 1.67 bits per heavy atom. The summed E-state index contributed by atoms with van der Waals surface area (Å²) in [5.41, 5.74) is 6.55. The molecule has 0 aromatic heterocycles. The molecule has 0 radical (unpaired) electrons. The van der Waals surface area contributed by atoms with Crippen molar-refractivity contribution in [3.63, 3.8) is 0 Å². The Balaban J connectivity index is 1.61. The number of aliphatic hydroxyl groups is 2. The van der Waals surface area contributed by atoms with Crippen LogP contribution in [0.15, 0.2) is 65.3 Å². The Bertz CT molecular complexity index is 1680. The number of hydrogen-bond donors (Lipinski definition) is 2. The van der Waals surface area contributed by atoms with Crippen LogP contribution in [0.2, 0.25) is 0 Å². The van der Waals surface area contributed by atoms with E-state index in [9.17, 15) is 24.6 Å². The molecule has 0 aromatic carbocycles. The van der Waals surface area contributed by atoms with E-state index in [1.165, 1.54) is 21.3 Å². The van der Waals surface area contributed by atoms with E-state index in [0.29, 0.717) is 29.6 Å². The first-order valence-electron chi connectivity index (χ1n) is 15.4. The monoisotopic (exact) mass is 634 g/mol. The SMILES string of the molecule is COC(=O)C1=C[15N](C)[C@@H](c2cc([C@H]3[C@@H]4C(CO)=CC[C@@H]4C(C(=O)OC)=C[15N]3C)c3c(C(=O)OC)c[15n](C)cc2-3)[C@@H]2C(CO)=CC[C@H]12. The number of allylic oxidation sites excluding steroid dienone is 2. The third-order valence-electron chi connectivity index (χ3n) is 10.4. The number of methoxy groups -OCH3 is 3. The summed E-state index contributed by atoms with van der Waals surface area (Å²) in [6, 6.07) is 1.50. The van der Waals surface area contributed by atoms with E-state index in [4.69, 9.17) is 14.2 Å². The molecule has 0 amide bonds. The molecule has 6 atom stereocenters. The van der Waals surface area contributed by atoms with Crippen LogP contribution in [0.5, 0.6) is 0 Å². The number of aliphatic hydroxyl groups excluding tert-OH is 2. The van der Waals surface area contributed by atoms with Gasteiger partial charge < -0.3 is 38.8 Å². The number of fused-ring (bicyclic) bond motifs is 3. The lowest BCUT2D eigenvalue weighted by Crippen LogP contribution is -2.39. The molecule has 244 valence electrons. The molecule has 6 rings (SSSR count). The van der Waals surface area contributed by atoms with Crippen LogP contribution in [-0.2, 0) is 30.8 Å². The van der Waals surface area contributed by atoms with Crippen molar-refractivity contribution in [2.75, 3.05) is 48.6 Å². The summed E-state index contributed by atoms with van der Waals surface area (Å²) in [7, 11) is 9.77. The number of hydrogen-bond acceptors (Lipinski definition) is 10. The third-order valence-corrected chi connectivity index (χ3v) is 10.4. The van der Waals surface area contributed by atoms with Crippen LogP contribution in [0.3, 0.4) is 0 Å². The zero-order valence-electron chi connectivity index (χ0n) is 27.0. The number of aryl methyl sites for hydroxylation is 1. The van der Waals surface area contributed by atoms with Gasteiger partial charge in [-0.25, -0.2) is 14.4 Å². The van der Waals surface area contributed by atoms with Crippen molar-refractivity contribution in [1.29, 1.82) is 0 Å². The Morgan fingerprint density at radius 2 is 1.22 bits per heavy atom. The van der Waals surface area contributed by atoms with Gasteiger partial charge in [-0.1, -0.05) is 18.2 Å². The average molecular weight is 635 g/mol. The Hall–Kier alpha value is -4.35. The van der Waals surface area contributed by atoms with E-state index in [1.54, 1.807) is 6.20 Å². The number of nitrogens with zero attached hydrogens (tertiary/aromatic N) is 3. The predicted molar refractivity (Wildman–Crippen MR) is 168 cm³/mol. The van der Waals surface area contributed by atoms with E-state index in [-0.39, 0.29) is 49.0 Å². The van der Waals surface area contributed by atoms with Gasteiger partial charge in [0.05, 0.1) is 63.3 Å². The highest BCUT2D eigenvalue weighted by molar-refractivity contribution is 6.00. The summed E-state index contributed by atoms with van der Waals surface area (Å²) < 4.78 is 17.4. The fourth-order valence-corrected chi connectivity index (χ4v) is 8.54. The minimum absolute atomic E-state index is 0.145. The Kier molecular flexibility index (Phi) is 8.32. The van der Waals surface area contributed by atoms with E-state index in [2.05, 4.69) is 6.07 Å². The van der Waals surface area contributed by atoms with Gasteiger partial charge in [-0.05, 0) is 35.1 Å². The van der Waals surface area contributed by atoms with Crippen molar-refractivity contribution >= 4 is 17.9 Å². The molecule has 0 fully saturated rings. The number of ether oxygens (including phenoxy) is 3. The summed E-state index contributed by atoms with van der Waals surface area (Å²) >= 11 is 0. The molecule has 0 aromatic rings. The molecule has 2 N–H and O–H groups in total. The van der Waals surface area contributed by atoms with Crippen LogP contribution in [0.4, 0.5) is 0 Å². The zero-order chi connectivity index (χ0) is 33.0. The molecule has 3 heterocycles. The van der Waals surface area contributed by atoms with Crippen molar-refractivity contribution < 1.29 is 38.8 Å².